The summed E-state index contributed by atoms with van der Waals surface area (Å²) >= 11 is 18.3. The molecule has 0 saturated carbocycles. The van der Waals surface area contributed by atoms with Crippen molar-refractivity contribution < 1.29 is 18.3 Å². The maximum Gasteiger partial charge on any atom is 0.243 e. The number of benzene rings is 3. The number of aliphatic hydroxyl groups excluding tert-OH is 1. The molecule has 0 saturated heterocycles. The summed E-state index contributed by atoms with van der Waals surface area (Å²) < 4.78 is 28.1. The zero-order valence-electron chi connectivity index (χ0n) is 15.8. The van der Waals surface area contributed by atoms with Gasteiger partial charge >= 0.3 is 0 Å². The number of sulfonamides is 1. The first-order chi connectivity index (χ1) is 14.6. The summed E-state index contributed by atoms with van der Waals surface area (Å²) in [5, 5.41) is 11.5. The lowest BCUT2D eigenvalue weighted by atomic mass is 9.93. The van der Waals surface area contributed by atoms with Gasteiger partial charge in [-0.3, -0.25) is 4.79 Å². The molecule has 0 bridgehead atoms. The highest BCUT2D eigenvalue weighted by atomic mass is 35.5. The van der Waals surface area contributed by atoms with E-state index in [1.807, 2.05) is 0 Å². The second-order valence-corrected chi connectivity index (χ2v) is 9.52. The van der Waals surface area contributed by atoms with Crippen molar-refractivity contribution in [1.29, 1.82) is 0 Å². The van der Waals surface area contributed by atoms with Crippen molar-refractivity contribution in [3.63, 3.8) is 0 Å². The Balaban J connectivity index is 2.10. The number of amides is 1. The van der Waals surface area contributed by atoms with Gasteiger partial charge in [-0.25, -0.2) is 8.42 Å². The lowest BCUT2D eigenvalue weighted by molar-refractivity contribution is -0.119. The van der Waals surface area contributed by atoms with E-state index in [9.17, 15) is 18.3 Å². The van der Waals surface area contributed by atoms with Crippen LogP contribution in [0.25, 0.3) is 0 Å². The smallest absolute Gasteiger partial charge is 0.243 e. The van der Waals surface area contributed by atoms with Crippen molar-refractivity contribution in [2.75, 3.05) is 0 Å². The molecule has 0 aliphatic carbocycles. The van der Waals surface area contributed by atoms with E-state index in [4.69, 9.17) is 40.5 Å². The van der Waals surface area contributed by atoms with Crippen LogP contribution in [0.4, 0.5) is 0 Å². The molecule has 3 aromatic carbocycles. The van der Waals surface area contributed by atoms with Gasteiger partial charge in [-0.05, 0) is 41.5 Å². The molecule has 3 aromatic rings. The predicted octanol–water partition coefficient (Wildman–Crippen LogP) is 4.23. The number of carbonyl (C=O) groups excluding carboxylic acids is 1. The second kappa shape index (κ2) is 9.56. The first-order valence-electron chi connectivity index (χ1n) is 8.90. The molecule has 0 fully saturated rings. The Morgan fingerprint density at radius 3 is 2.10 bits per heavy atom. The first kappa shape index (κ1) is 23.5. The number of hydrogen-bond acceptors (Lipinski definition) is 4. The zero-order chi connectivity index (χ0) is 22.8. The molecule has 0 radical (unpaired) electrons. The Morgan fingerprint density at radius 1 is 0.871 bits per heavy atom. The van der Waals surface area contributed by atoms with E-state index in [-0.39, 0.29) is 31.1 Å². The van der Waals surface area contributed by atoms with Gasteiger partial charge in [0.25, 0.3) is 0 Å². The van der Waals surface area contributed by atoms with Gasteiger partial charge in [0.1, 0.15) is 17.0 Å². The first-order valence-corrected chi connectivity index (χ1v) is 11.5. The van der Waals surface area contributed by atoms with Crippen molar-refractivity contribution >= 4 is 50.7 Å². The summed E-state index contributed by atoms with van der Waals surface area (Å²) in [5.41, 5.74) is 6.18. The predicted molar refractivity (Wildman–Crippen MR) is 121 cm³/mol. The van der Waals surface area contributed by atoms with E-state index in [1.54, 1.807) is 30.3 Å². The van der Waals surface area contributed by atoms with Crippen molar-refractivity contribution in [3.8, 4) is 0 Å². The third-order valence-electron chi connectivity index (χ3n) is 4.54. The fourth-order valence-electron chi connectivity index (χ4n) is 3.07. The number of primary amides is 1. The van der Waals surface area contributed by atoms with Gasteiger partial charge in [-0.1, -0.05) is 71.2 Å². The van der Waals surface area contributed by atoms with Gasteiger partial charge < -0.3 is 10.8 Å². The van der Waals surface area contributed by atoms with Crippen molar-refractivity contribution in [3.05, 3.63) is 98.5 Å². The maximum atomic E-state index is 12.9. The minimum absolute atomic E-state index is 0.0225. The number of halogens is 3. The summed E-state index contributed by atoms with van der Waals surface area (Å²) in [6.45, 7) is 0. The maximum absolute atomic E-state index is 12.9. The lowest BCUT2D eigenvalue weighted by Gasteiger charge is -2.23. The SMILES string of the molecule is NC(=O)C(NS(=O)(=O)c1ccccc1Cl)c1ccc(Cl)cc1C(O)c1ccccc1Cl. The van der Waals surface area contributed by atoms with E-state index in [1.165, 1.54) is 36.4 Å². The van der Waals surface area contributed by atoms with Gasteiger partial charge in [-0.2, -0.15) is 4.72 Å². The van der Waals surface area contributed by atoms with Crippen LogP contribution < -0.4 is 10.5 Å². The molecule has 10 heteroatoms. The molecule has 0 aromatic heterocycles. The molecular weight excluding hydrogens is 483 g/mol. The summed E-state index contributed by atoms with van der Waals surface area (Å²) in [4.78, 5) is 12.1. The average Bonchev–Trinajstić information content (AvgIpc) is 2.72. The molecule has 0 aliphatic heterocycles. The van der Waals surface area contributed by atoms with Crippen LogP contribution in [0.1, 0.15) is 28.8 Å². The number of aliphatic hydroxyl groups is 1. The highest BCUT2D eigenvalue weighted by Gasteiger charge is 2.30. The number of nitrogens with one attached hydrogen (secondary N) is 1. The second-order valence-electron chi connectivity index (χ2n) is 6.58. The summed E-state index contributed by atoms with van der Waals surface area (Å²) in [7, 11) is -4.23. The Labute approximate surface area is 194 Å². The fourth-order valence-corrected chi connectivity index (χ4v) is 5.19. The van der Waals surface area contributed by atoms with Crippen LogP contribution >= 0.6 is 34.8 Å². The number of carbonyl (C=O) groups is 1. The fraction of sp³-hybridized carbons (Fsp3) is 0.0952. The van der Waals surface area contributed by atoms with E-state index >= 15 is 0 Å². The van der Waals surface area contributed by atoms with Crippen LogP contribution in [0, 0.1) is 0 Å². The molecule has 1 amide bonds. The van der Waals surface area contributed by atoms with Crippen molar-refractivity contribution in [2.24, 2.45) is 5.73 Å². The van der Waals surface area contributed by atoms with Crippen LogP contribution in [-0.2, 0) is 14.8 Å². The summed E-state index contributed by atoms with van der Waals surface area (Å²) in [6, 6.07) is 15.1. The zero-order valence-corrected chi connectivity index (χ0v) is 18.9. The van der Waals surface area contributed by atoms with Crippen LogP contribution in [-0.4, -0.2) is 19.4 Å². The topological polar surface area (TPSA) is 109 Å². The number of rotatable bonds is 7. The van der Waals surface area contributed by atoms with Crippen LogP contribution in [0.2, 0.25) is 15.1 Å². The molecule has 31 heavy (non-hydrogen) atoms. The van der Waals surface area contributed by atoms with Gasteiger partial charge in [-0.15, -0.1) is 0 Å². The molecule has 0 heterocycles. The van der Waals surface area contributed by atoms with E-state index in [0.717, 1.165) is 0 Å². The summed E-state index contributed by atoms with van der Waals surface area (Å²) in [6.07, 6.45) is -1.30. The number of nitrogens with two attached hydrogens (primary N) is 1. The van der Waals surface area contributed by atoms with Crippen molar-refractivity contribution in [1.82, 2.24) is 4.72 Å². The van der Waals surface area contributed by atoms with Gasteiger partial charge in [0.15, 0.2) is 0 Å². The molecule has 4 N–H and O–H groups in total. The van der Waals surface area contributed by atoms with E-state index < -0.39 is 28.1 Å². The molecule has 2 atom stereocenters. The average molecular weight is 500 g/mol. The van der Waals surface area contributed by atoms with Crippen LogP contribution in [0.3, 0.4) is 0 Å². The minimum Gasteiger partial charge on any atom is -0.384 e. The Morgan fingerprint density at radius 2 is 1.48 bits per heavy atom. The monoisotopic (exact) mass is 498 g/mol. The largest absolute Gasteiger partial charge is 0.384 e. The lowest BCUT2D eigenvalue weighted by Crippen LogP contribution is -2.38. The Kier molecular flexibility index (Phi) is 7.26. The minimum atomic E-state index is -4.23. The van der Waals surface area contributed by atoms with Crippen LogP contribution in [0.15, 0.2) is 71.6 Å². The molecule has 6 nitrogen and oxygen atoms in total. The van der Waals surface area contributed by atoms with Gasteiger partial charge in [0.05, 0.1) is 5.02 Å². The van der Waals surface area contributed by atoms with Crippen molar-refractivity contribution in [2.45, 2.75) is 17.0 Å². The van der Waals surface area contributed by atoms with E-state index in [2.05, 4.69) is 4.72 Å². The van der Waals surface area contributed by atoms with Gasteiger partial charge in [0.2, 0.25) is 15.9 Å². The Bertz CT molecular complexity index is 1230. The van der Waals surface area contributed by atoms with Crippen LogP contribution in [0.5, 0.6) is 0 Å². The highest BCUT2D eigenvalue weighted by Crippen LogP contribution is 2.34. The highest BCUT2D eigenvalue weighted by molar-refractivity contribution is 7.89. The third kappa shape index (κ3) is 5.20. The molecule has 2 unspecified atom stereocenters. The molecule has 3 rings (SSSR count). The van der Waals surface area contributed by atoms with Gasteiger partial charge in [0, 0.05) is 15.6 Å². The molecule has 0 aliphatic rings. The Hall–Kier alpha value is -2.13. The summed E-state index contributed by atoms with van der Waals surface area (Å²) in [5.74, 6) is -0.981. The van der Waals surface area contributed by atoms with E-state index in [0.29, 0.717) is 5.56 Å². The quantitative estimate of drug-likeness (QED) is 0.452. The number of hydrogen-bond donors (Lipinski definition) is 3. The normalized spacial score (nSPS) is 13.5. The third-order valence-corrected chi connectivity index (χ3v) is 7.04. The molecular formula is C21H17Cl3N2O4S. The molecule has 162 valence electrons. The molecule has 0 spiro atoms. The standard InChI is InChI=1S/C21H17Cl3N2O4S/c22-12-9-10-13(15(11-12)20(27)14-5-1-2-6-16(14)23)19(21(25)28)26-31(29,30)18-8-4-3-7-17(18)24/h1-11,19-20,26-27H,(H2,25,28).